The maximum Gasteiger partial charge on any atom is 0.238 e. The summed E-state index contributed by atoms with van der Waals surface area (Å²) in [5.74, 6) is 0.000839. The lowest BCUT2D eigenvalue weighted by molar-refractivity contribution is -0.116. The Morgan fingerprint density at radius 3 is 2.50 bits per heavy atom. The first-order valence-corrected chi connectivity index (χ1v) is 5.21. The molecule has 0 aromatic heterocycles. The van der Waals surface area contributed by atoms with Gasteiger partial charge in [-0.15, -0.1) is 0 Å². The van der Waals surface area contributed by atoms with Crippen LogP contribution >= 0.6 is 0 Å². The van der Waals surface area contributed by atoms with E-state index in [0.717, 1.165) is 11.4 Å². The van der Waals surface area contributed by atoms with Gasteiger partial charge in [-0.25, -0.2) is 0 Å². The summed E-state index contributed by atoms with van der Waals surface area (Å²) in [5, 5.41) is 2.86. The summed E-state index contributed by atoms with van der Waals surface area (Å²) >= 11 is 0. The number of carbonyl (C=O) groups is 1. The molecule has 88 valence electrons. The average molecular weight is 221 g/mol. The number of likely N-dealkylation sites (N-methyl/N-ethyl adjacent to an activating group) is 1. The molecule has 0 radical (unpaired) electrons. The molecule has 0 atom stereocenters. The summed E-state index contributed by atoms with van der Waals surface area (Å²) in [4.78, 5) is 15.4. The fourth-order valence-corrected chi connectivity index (χ4v) is 1.35. The maximum atomic E-state index is 11.5. The van der Waals surface area contributed by atoms with E-state index in [2.05, 4.69) is 5.32 Å². The van der Waals surface area contributed by atoms with Crippen molar-refractivity contribution in [3.8, 4) is 0 Å². The van der Waals surface area contributed by atoms with Crippen LogP contribution in [0.5, 0.6) is 0 Å². The lowest BCUT2D eigenvalue weighted by atomic mass is 10.2. The van der Waals surface area contributed by atoms with Crippen LogP contribution in [0.25, 0.3) is 0 Å². The molecule has 1 rings (SSSR count). The number of anilines is 2. The Bertz CT molecular complexity index is 361. The molecule has 0 spiro atoms. The van der Waals surface area contributed by atoms with Crippen LogP contribution < -0.4 is 10.2 Å². The minimum absolute atomic E-state index is 0.000839. The molecular formula is C12H19N3O. The van der Waals surface area contributed by atoms with Crippen molar-refractivity contribution in [2.24, 2.45) is 0 Å². The monoisotopic (exact) mass is 221 g/mol. The molecular weight excluding hydrogens is 202 g/mol. The van der Waals surface area contributed by atoms with Crippen molar-refractivity contribution < 1.29 is 4.79 Å². The van der Waals surface area contributed by atoms with Gasteiger partial charge >= 0.3 is 0 Å². The lowest BCUT2D eigenvalue weighted by Gasteiger charge is -2.14. The van der Waals surface area contributed by atoms with Crippen LogP contribution in [0.3, 0.4) is 0 Å². The molecule has 16 heavy (non-hydrogen) atoms. The summed E-state index contributed by atoms with van der Waals surface area (Å²) in [5.41, 5.74) is 1.90. The third-order valence-electron chi connectivity index (χ3n) is 2.11. The minimum atomic E-state index is 0.000839. The van der Waals surface area contributed by atoms with Crippen molar-refractivity contribution in [1.29, 1.82) is 0 Å². The van der Waals surface area contributed by atoms with Crippen molar-refractivity contribution in [1.82, 2.24) is 4.90 Å². The number of amides is 1. The largest absolute Gasteiger partial charge is 0.378 e. The fraction of sp³-hybridized carbons (Fsp3) is 0.417. The molecule has 0 heterocycles. The topological polar surface area (TPSA) is 35.6 Å². The highest BCUT2D eigenvalue weighted by atomic mass is 16.2. The van der Waals surface area contributed by atoms with E-state index in [-0.39, 0.29) is 5.91 Å². The number of rotatable bonds is 4. The number of benzene rings is 1. The first kappa shape index (κ1) is 12.5. The Morgan fingerprint density at radius 1 is 1.25 bits per heavy atom. The highest BCUT2D eigenvalue weighted by molar-refractivity contribution is 5.92. The summed E-state index contributed by atoms with van der Waals surface area (Å²) in [6, 6.07) is 7.77. The van der Waals surface area contributed by atoms with Crippen LogP contribution in [-0.2, 0) is 4.79 Å². The molecule has 0 aliphatic heterocycles. The Balaban J connectivity index is 2.67. The normalized spacial score (nSPS) is 10.3. The minimum Gasteiger partial charge on any atom is -0.378 e. The van der Waals surface area contributed by atoms with E-state index in [1.54, 1.807) is 0 Å². The van der Waals surface area contributed by atoms with Crippen LogP contribution in [0.15, 0.2) is 24.3 Å². The first-order valence-electron chi connectivity index (χ1n) is 5.21. The zero-order valence-electron chi connectivity index (χ0n) is 10.3. The van der Waals surface area contributed by atoms with E-state index in [0.29, 0.717) is 6.54 Å². The summed E-state index contributed by atoms with van der Waals surface area (Å²) in [6.07, 6.45) is 0. The molecule has 4 heteroatoms. The van der Waals surface area contributed by atoms with Gasteiger partial charge in [0.15, 0.2) is 0 Å². The predicted octanol–water partition coefficient (Wildman–Crippen LogP) is 1.25. The zero-order valence-corrected chi connectivity index (χ0v) is 10.3. The molecule has 1 N–H and O–H groups in total. The molecule has 0 fully saturated rings. The van der Waals surface area contributed by atoms with Gasteiger partial charge < -0.3 is 15.1 Å². The molecule has 0 saturated carbocycles. The zero-order chi connectivity index (χ0) is 12.1. The third-order valence-corrected chi connectivity index (χ3v) is 2.11. The van der Waals surface area contributed by atoms with Crippen LogP contribution in [0, 0.1) is 0 Å². The molecule has 0 unspecified atom stereocenters. The van der Waals surface area contributed by atoms with Crippen molar-refractivity contribution in [2.45, 2.75) is 0 Å². The number of hydrogen-bond acceptors (Lipinski definition) is 3. The second kappa shape index (κ2) is 5.51. The third kappa shape index (κ3) is 3.90. The molecule has 0 bridgehead atoms. The van der Waals surface area contributed by atoms with Gasteiger partial charge in [0.25, 0.3) is 0 Å². The summed E-state index contributed by atoms with van der Waals surface area (Å²) in [7, 11) is 7.69. The fourth-order valence-electron chi connectivity index (χ4n) is 1.35. The maximum absolute atomic E-state index is 11.5. The highest BCUT2D eigenvalue weighted by Crippen LogP contribution is 2.16. The van der Waals surface area contributed by atoms with Crippen LogP contribution in [-0.4, -0.2) is 45.5 Å². The Kier molecular flexibility index (Phi) is 4.31. The lowest BCUT2D eigenvalue weighted by Crippen LogP contribution is -2.27. The van der Waals surface area contributed by atoms with Gasteiger partial charge in [-0.3, -0.25) is 4.79 Å². The van der Waals surface area contributed by atoms with Gasteiger partial charge in [-0.2, -0.15) is 0 Å². The molecule has 1 aromatic rings. The molecule has 1 amide bonds. The van der Waals surface area contributed by atoms with E-state index >= 15 is 0 Å². The van der Waals surface area contributed by atoms with Crippen molar-refractivity contribution in [3.63, 3.8) is 0 Å². The van der Waals surface area contributed by atoms with Gasteiger partial charge in [0.1, 0.15) is 0 Å². The highest BCUT2D eigenvalue weighted by Gasteiger charge is 2.04. The quantitative estimate of drug-likeness (QED) is 0.831. The van der Waals surface area contributed by atoms with E-state index in [1.807, 2.05) is 62.3 Å². The van der Waals surface area contributed by atoms with E-state index in [1.165, 1.54) is 0 Å². The standard InChI is InChI=1S/C12H19N3O/c1-14(2)9-12(16)13-10-6-5-7-11(8-10)15(3)4/h5-8H,9H2,1-4H3,(H,13,16). The van der Waals surface area contributed by atoms with Gasteiger partial charge in [0, 0.05) is 25.5 Å². The van der Waals surface area contributed by atoms with Gasteiger partial charge in [0.05, 0.1) is 6.54 Å². The van der Waals surface area contributed by atoms with Crippen LogP contribution in [0.4, 0.5) is 11.4 Å². The van der Waals surface area contributed by atoms with Crippen molar-refractivity contribution in [2.75, 3.05) is 45.0 Å². The van der Waals surface area contributed by atoms with Gasteiger partial charge in [0.2, 0.25) is 5.91 Å². The predicted molar refractivity (Wildman–Crippen MR) is 68.0 cm³/mol. The van der Waals surface area contributed by atoms with Crippen LogP contribution in [0.1, 0.15) is 0 Å². The van der Waals surface area contributed by atoms with Gasteiger partial charge in [-0.05, 0) is 32.3 Å². The first-order chi connectivity index (χ1) is 7.49. The second-order valence-electron chi connectivity index (χ2n) is 4.23. The number of nitrogens with zero attached hydrogens (tertiary/aromatic N) is 2. The Hall–Kier alpha value is -1.55. The van der Waals surface area contributed by atoms with Gasteiger partial charge in [-0.1, -0.05) is 6.07 Å². The number of nitrogens with one attached hydrogen (secondary N) is 1. The Labute approximate surface area is 96.9 Å². The van der Waals surface area contributed by atoms with E-state index in [9.17, 15) is 4.79 Å². The van der Waals surface area contributed by atoms with E-state index in [4.69, 9.17) is 0 Å². The SMILES string of the molecule is CN(C)CC(=O)Nc1cccc(N(C)C)c1. The second-order valence-corrected chi connectivity index (χ2v) is 4.23. The number of carbonyl (C=O) groups excluding carboxylic acids is 1. The van der Waals surface area contributed by atoms with Crippen molar-refractivity contribution >= 4 is 17.3 Å². The summed E-state index contributed by atoms with van der Waals surface area (Å²) < 4.78 is 0. The van der Waals surface area contributed by atoms with E-state index < -0.39 is 0 Å². The van der Waals surface area contributed by atoms with Crippen molar-refractivity contribution in [3.05, 3.63) is 24.3 Å². The Morgan fingerprint density at radius 2 is 1.94 bits per heavy atom. The van der Waals surface area contributed by atoms with Crippen LogP contribution in [0.2, 0.25) is 0 Å². The molecule has 0 aliphatic carbocycles. The smallest absolute Gasteiger partial charge is 0.238 e. The number of hydrogen-bond donors (Lipinski definition) is 1. The molecule has 0 saturated heterocycles. The average Bonchev–Trinajstić information content (AvgIpc) is 2.16. The molecule has 4 nitrogen and oxygen atoms in total. The molecule has 1 aromatic carbocycles. The molecule has 0 aliphatic rings. The summed E-state index contributed by atoms with van der Waals surface area (Å²) in [6.45, 7) is 0.395.